The number of aryl methyl sites for hydroxylation is 1. The summed E-state index contributed by atoms with van der Waals surface area (Å²) in [5, 5.41) is 12.0. The molecule has 1 N–H and O–H groups in total. The van der Waals surface area contributed by atoms with E-state index in [2.05, 4.69) is 15.9 Å². The molecule has 0 saturated carbocycles. The van der Waals surface area contributed by atoms with E-state index in [9.17, 15) is 14.7 Å². The number of benzene rings is 3. The molecule has 3 atom stereocenters. The second kappa shape index (κ2) is 8.77. The van der Waals surface area contributed by atoms with Gasteiger partial charge in [-0.25, -0.2) is 9.96 Å². The molecule has 34 heavy (non-hydrogen) atoms. The van der Waals surface area contributed by atoms with Crippen molar-refractivity contribution < 1.29 is 24.3 Å². The number of halogens is 1. The molecule has 3 unspecified atom stereocenters. The molecule has 0 aromatic heterocycles. The lowest BCUT2D eigenvalue weighted by Gasteiger charge is -2.29. The molecule has 2 saturated heterocycles. The van der Waals surface area contributed by atoms with Crippen LogP contribution in [0.15, 0.2) is 71.2 Å². The van der Waals surface area contributed by atoms with Gasteiger partial charge < -0.3 is 9.84 Å². The Bertz CT molecular complexity index is 1250. The van der Waals surface area contributed by atoms with Gasteiger partial charge in [-0.05, 0) is 71.7 Å². The normalized spacial score (nSPS) is 21.8. The minimum Gasteiger partial charge on any atom is -0.503 e. The molecule has 0 radical (unpaired) electrons. The Morgan fingerprint density at radius 1 is 1.00 bits per heavy atom. The summed E-state index contributed by atoms with van der Waals surface area (Å²) in [5.41, 5.74) is 2.94. The van der Waals surface area contributed by atoms with Crippen LogP contribution in [0.4, 0.5) is 11.4 Å². The Morgan fingerprint density at radius 2 is 1.71 bits per heavy atom. The van der Waals surface area contributed by atoms with Crippen LogP contribution in [0, 0.1) is 12.8 Å². The van der Waals surface area contributed by atoms with Crippen LogP contribution in [0.1, 0.15) is 24.1 Å². The predicted molar refractivity (Wildman–Crippen MR) is 131 cm³/mol. The Labute approximate surface area is 205 Å². The largest absolute Gasteiger partial charge is 0.503 e. The Hall–Kier alpha value is -3.36. The first kappa shape index (κ1) is 22.4. The second-order valence-corrected chi connectivity index (χ2v) is 9.14. The molecule has 0 aliphatic carbocycles. The van der Waals surface area contributed by atoms with Crippen LogP contribution in [-0.2, 0) is 14.4 Å². The van der Waals surface area contributed by atoms with Gasteiger partial charge in [0.15, 0.2) is 17.6 Å². The highest BCUT2D eigenvalue weighted by Crippen LogP contribution is 2.49. The van der Waals surface area contributed by atoms with Crippen molar-refractivity contribution in [2.24, 2.45) is 5.92 Å². The fraction of sp³-hybridized carbons (Fsp3) is 0.231. The van der Waals surface area contributed by atoms with E-state index < -0.39 is 24.0 Å². The SMILES string of the molecule is CCOc1cc(C2C3C(=O)N(c4ccc(C)cc4)C(=O)C3ON2c2ccccc2)cc(Br)c1O. The number of carbonyl (C=O) groups is 2. The van der Waals surface area contributed by atoms with Crippen molar-refractivity contribution in [3.63, 3.8) is 0 Å². The van der Waals surface area contributed by atoms with Crippen molar-refractivity contribution in [1.29, 1.82) is 0 Å². The summed E-state index contributed by atoms with van der Waals surface area (Å²) < 4.78 is 6.05. The molecule has 2 heterocycles. The maximum Gasteiger partial charge on any atom is 0.266 e. The lowest BCUT2D eigenvalue weighted by atomic mass is 9.90. The van der Waals surface area contributed by atoms with E-state index in [1.165, 1.54) is 4.90 Å². The molecule has 7 nitrogen and oxygen atoms in total. The van der Waals surface area contributed by atoms with Crippen LogP contribution >= 0.6 is 15.9 Å². The number of anilines is 2. The van der Waals surface area contributed by atoms with Crippen molar-refractivity contribution in [1.82, 2.24) is 0 Å². The summed E-state index contributed by atoms with van der Waals surface area (Å²) in [6, 6.07) is 19.4. The van der Waals surface area contributed by atoms with Crippen molar-refractivity contribution in [2.75, 3.05) is 16.6 Å². The maximum absolute atomic E-state index is 13.7. The summed E-state index contributed by atoms with van der Waals surface area (Å²) >= 11 is 3.39. The molecule has 0 bridgehead atoms. The standard InChI is InChI=1S/C26H23BrN2O5/c1-3-33-20-14-16(13-19(27)23(20)30)22-21-24(34-29(22)18-7-5-4-6-8-18)26(32)28(25(21)31)17-11-9-15(2)10-12-17/h4-14,21-22,24,30H,3H2,1-2H3. The highest BCUT2D eigenvalue weighted by Gasteiger charge is 2.60. The molecular formula is C26H23BrN2O5. The van der Waals surface area contributed by atoms with E-state index in [1.807, 2.05) is 56.3 Å². The molecule has 8 heteroatoms. The van der Waals surface area contributed by atoms with Gasteiger partial charge in [-0.1, -0.05) is 35.9 Å². The molecule has 174 valence electrons. The average Bonchev–Trinajstić information content (AvgIpc) is 3.34. The lowest BCUT2D eigenvalue weighted by Crippen LogP contribution is -2.37. The number of hydrogen-bond acceptors (Lipinski definition) is 6. The summed E-state index contributed by atoms with van der Waals surface area (Å²) in [6.45, 7) is 4.13. The number of para-hydroxylation sites is 1. The van der Waals surface area contributed by atoms with Gasteiger partial charge >= 0.3 is 0 Å². The number of phenols is 1. The van der Waals surface area contributed by atoms with Crippen LogP contribution in [0.3, 0.4) is 0 Å². The van der Waals surface area contributed by atoms with Gasteiger partial charge in [0.2, 0.25) is 5.91 Å². The fourth-order valence-corrected chi connectivity index (χ4v) is 4.99. The Kier molecular flexibility index (Phi) is 5.79. The molecule has 3 aromatic rings. The Balaban J connectivity index is 1.62. The second-order valence-electron chi connectivity index (χ2n) is 8.29. The van der Waals surface area contributed by atoms with Crippen molar-refractivity contribution in [3.05, 3.63) is 82.3 Å². The molecular weight excluding hydrogens is 500 g/mol. The van der Waals surface area contributed by atoms with Gasteiger partial charge in [0.05, 0.1) is 28.5 Å². The van der Waals surface area contributed by atoms with E-state index in [1.54, 1.807) is 29.3 Å². The van der Waals surface area contributed by atoms with E-state index >= 15 is 0 Å². The van der Waals surface area contributed by atoms with E-state index in [-0.39, 0.29) is 17.4 Å². The molecule has 5 rings (SSSR count). The van der Waals surface area contributed by atoms with Gasteiger partial charge in [-0.3, -0.25) is 14.4 Å². The van der Waals surface area contributed by atoms with E-state index in [4.69, 9.17) is 9.57 Å². The summed E-state index contributed by atoms with van der Waals surface area (Å²) in [6.07, 6.45) is -0.970. The molecule has 2 aliphatic heterocycles. The number of rotatable bonds is 5. The summed E-state index contributed by atoms with van der Waals surface area (Å²) in [4.78, 5) is 34.5. The van der Waals surface area contributed by atoms with Gasteiger partial charge in [-0.2, -0.15) is 0 Å². The van der Waals surface area contributed by atoms with Crippen LogP contribution in [0.5, 0.6) is 11.5 Å². The highest BCUT2D eigenvalue weighted by molar-refractivity contribution is 9.10. The van der Waals surface area contributed by atoms with Gasteiger partial charge in [0.1, 0.15) is 5.92 Å². The number of ether oxygens (including phenoxy) is 1. The van der Waals surface area contributed by atoms with Crippen LogP contribution in [-0.4, -0.2) is 29.6 Å². The minimum absolute atomic E-state index is 0.0255. The highest BCUT2D eigenvalue weighted by atomic mass is 79.9. The fourth-order valence-electron chi connectivity index (χ4n) is 4.53. The number of aromatic hydroxyl groups is 1. The Morgan fingerprint density at radius 3 is 2.38 bits per heavy atom. The topological polar surface area (TPSA) is 79.3 Å². The monoisotopic (exact) mass is 522 g/mol. The first-order valence-electron chi connectivity index (χ1n) is 11.0. The number of amides is 2. The van der Waals surface area contributed by atoms with Crippen molar-refractivity contribution in [3.8, 4) is 11.5 Å². The predicted octanol–water partition coefficient (Wildman–Crippen LogP) is 4.91. The molecule has 2 fully saturated rings. The van der Waals surface area contributed by atoms with Gasteiger partial charge in [-0.15, -0.1) is 0 Å². The maximum atomic E-state index is 13.7. The van der Waals surface area contributed by atoms with Gasteiger partial charge in [0.25, 0.3) is 5.91 Å². The number of imide groups is 1. The number of phenolic OH excluding ortho intramolecular Hbond substituents is 1. The summed E-state index contributed by atoms with van der Waals surface area (Å²) in [7, 11) is 0. The summed E-state index contributed by atoms with van der Waals surface area (Å²) in [5.74, 6) is -1.24. The van der Waals surface area contributed by atoms with Crippen LogP contribution in [0.2, 0.25) is 0 Å². The van der Waals surface area contributed by atoms with E-state index in [0.717, 1.165) is 5.56 Å². The van der Waals surface area contributed by atoms with Gasteiger partial charge in [0, 0.05) is 0 Å². The third-order valence-corrected chi connectivity index (χ3v) is 6.71. The zero-order chi connectivity index (χ0) is 24.0. The third-order valence-electron chi connectivity index (χ3n) is 6.11. The number of hydroxylamine groups is 1. The molecule has 0 spiro atoms. The first-order chi connectivity index (χ1) is 16.4. The minimum atomic E-state index is -0.970. The third kappa shape index (κ3) is 3.63. The molecule has 2 aliphatic rings. The number of carbonyl (C=O) groups excluding carboxylic acids is 2. The average molecular weight is 523 g/mol. The zero-order valence-corrected chi connectivity index (χ0v) is 20.2. The van der Waals surface area contributed by atoms with Crippen LogP contribution < -0.4 is 14.7 Å². The van der Waals surface area contributed by atoms with Crippen molar-refractivity contribution >= 4 is 39.1 Å². The van der Waals surface area contributed by atoms with Crippen LogP contribution in [0.25, 0.3) is 0 Å². The molecule has 2 amide bonds. The number of fused-ring (bicyclic) bond motifs is 1. The zero-order valence-electron chi connectivity index (χ0n) is 18.6. The smallest absolute Gasteiger partial charge is 0.266 e. The number of hydrogen-bond donors (Lipinski definition) is 1. The number of nitrogens with zero attached hydrogens (tertiary/aromatic N) is 2. The van der Waals surface area contributed by atoms with E-state index in [0.29, 0.717) is 28.0 Å². The van der Waals surface area contributed by atoms with Crippen molar-refractivity contribution in [2.45, 2.75) is 26.0 Å². The lowest BCUT2D eigenvalue weighted by molar-refractivity contribution is -0.126. The quantitative estimate of drug-likeness (QED) is 0.479. The first-order valence-corrected chi connectivity index (χ1v) is 11.8. The molecule has 3 aromatic carbocycles.